The maximum absolute atomic E-state index is 9.62. The maximum Gasteiger partial charge on any atom is 0.169 e. The van der Waals surface area contributed by atoms with Gasteiger partial charge in [0.25, 0.3) is 0 Å². The smallest absolute Gasteiger partial charge is 0.169 e. The van der Waals surface area contributed by atoms with Crippen LogP contribution in [0.2, 0.25) is 0 Å². The van der Waals surface area contributed by atoms with Crippen molar-refractivity contribution in [3.63, 3.8) is 0 Å². The summed E-state index contributed by atoms with van der Waals surface area (Å²) in [5, 5.41) is 10.4. The summed E-state index contributed by atoms with van der Waals surface area (Å²) in [6.07, 6.45) is 3.23. The van der Waals surface area contributed by atoms with Gasteiger partial charge in [0.1, 0.15) is 5.25 Å². The number of nitrogens with zero attached hydrogens (tertiary/aromatic N) is 3. The van der Waals surface area contributed by atoms with Crippen molar-refractivity contribution in [2.24, 2.45) is 0 Å². The summed E-state index contributed by atoms with van der Waals surface area (Å²) in [5.41, 5.74) is 4.64. The SMILES string of the molecule is Cc1ccc(C[C@H](C#N)Sc2nc(C)c(C)n2C[C@@H]2CCCO2)cc1. The van der Waals surface area contributed by atoms with Crippen LogP contribution in [-0.2, 0) is 17.7 Å². The molecule has 1 aliphatic heterocycles. The van der Waals surface area contributed by atoms with Crippen LogP contribution < -0.4 is 0 Å². The molecule has 0 N–H and O–H groups in total. The molecule has 0 bridgehead atoms. The van der Waals surface area contributed by atoms with E-state index < -0.39 is 0 Å². The van der Waals surface area contributed by atoms with Crippen molar-refractivity contribution in [1.82, 2.24) is 9.55 Å². The van der Waals surface area contributed by atoms with Crippen LogP contribution in [0.3, 0.4) is 0 Å². The quantitative estimate of drug-likeness (QED) is 0.728. The number of rotatable bonds is 6. The standard InChI is InChI=1S/C20H25N3OS/c1-14-6-8-17(9-7-14)11-19(12-21)25-20-22-15(2)16(3)23(20)13-18-5-4-10-24-18/h6-9,18-19H,4-5,10-11,13H2,1-3H3/t18-,19+/m0/s1. The number of imidazole rings is 1. The number of hydrogen-bond donors (Lipinski definition) is 0. The van der Waals surface area contributed by atoms with Gasteiger partial charge in [-0.2, -0.15) is 5.26 Å². The van der Waals surface area contributed by atoms with Gasteiger partial charge in [0, 0.05) is 12.3 Å². The third-order valence-electron chi connectivity index (χ3n) is 4.77. The van der Waals surface area contributed by atoms with E-state index in [1.807, 2.05) is 6.92 Å². The lowest BCUT2D eigenvalue weighted by atomic mass is 10.1. The maximum atomic E-state index is 9.62. The summed E-state index contributed by atoms with van der Waals surface area (Å²) in [4.78, 5) is 4.71. The highest BCUT2D eigenvalue weighted by molar-refractivity contribution is 8.00. The van der Waals surface area contributed by atoms with Crippen LogP contribution in [0.5, 0.6) is 0 Å². The van der Waals surface area contributed by atoms with Crippen LogP contribution >= 0.6 is 11.8 Å². The average molecular weight is 356 g/mol. The molecule has 5 heteroatoms. The van der Waals surface area contributed by atoms with E-state index in [1.165, 1.54) is 16.8 Å². The molecule has 0 saturated carbocycles. The van der Waals surface area contributed by atoms with E-state index >= 15 is 0 Å². The molecule has 2 atom stereocenters. The number of ether oxygens (including phenoxy) is 1. The fourth-order valence-electron chi connectivity index (χ4n) is 3.10. The van der Waals surface area contributed by atoms with Gasteiger partial charge in [0.05, 0.1) is 24.4 Å². The predicted molar refractivity (Wildman–Crippen MR) is 101 cm³/mol. The monoisotopic (exact) mass is 355 g/mol. The lowest BCUT2D eigenvalue weighted by Gasteiger charge is -2.16. The Balaban J connectivity index is 1.74. The first-order chi connectivity index (χ1) is 12.1. The molecular weight excluding hydrogens is 330 g/mol. The number of aromatic nitrogens is 2. The molecule has 0 aliphatic carbocycles. The van der Waals surface area contributed by atoms with Crippen LogP contribution in [0.4, 0.5) is 0 Å². The van der Waals surface area contributed by atoms with Crippen LogP contribution in [0.15, 0.2) is 29.4 Å². The molecule has 25 heavy (non-hydrogen) atoms. The molecule has 132 valence electrons. The molecule has 0 amide bonds. The summed E-state index contributed by atoms with van der Waals surface area (Å²) in [6, 6.07) is 10.9. The number of hydrogen-bond acceptors (Lipinski definition) is 4. The topological polar surface area (TPSA) is 50.8 Å². The van der Waals surface area contributed by atoms with Gasteiger partial charge in [-0.3, -0.25) is 0 Å². The molecule has 1 aromatic carbocycles. The van der Waals surface area contributed by atoms with Crippen molar-refractivity contribution in [1.29, 1.82) is 5.26 Å². The van der Waals surface area contributed by atoms with E-state index in [-0.39, 0.29) is 11.4 Å². The molecule has 1 fully saturated rings. The minimum atomic E-state index is -0.146. The van der Waals surface area contributed by atoms with Crippen molar-refractivity contribution in [3.05, 3.63) is 46.8 Å². The lowest BCUT2D eigenvalue weighted by Crippen LogP contribution is -2.17. The molecule has 0 unspecified atom stereocenters. The van der Waals surface area contributed by atoms with Gasteiger partial charge >= 0.3 is 0 Å². The van der Waals surface area contributed by atoms with Gasteiger partial charge < -0.3 is 9.30 Å². The van der Waals surface area contributed by atoms with Crippen molar-refractivity contribution >= 4 is 11.8 Å². The van der Waals surface area contributed by atoms with Gasteiger partial charge in [-0.25, -0.2) is 4.98 Å². The molecule has 4 nitrogen and oxygen atoms in total. The Morgan fingerprint density at radius 1 is 1.32 bits per heavy atom. The minimum absolute atomic E-state index is 0.146. The van der Waals surface area contributed by atoms with Crippen LogP contribution in [0.1, 0.15) is 35.4 Å². The van der Waals surface area contributed by atoms with Gasteiger partial charge in [-0.1, -0.05) is 41.6 Å². The fourth-order valence-corrected chi connectivity index (χ4v) is 4.21. The van der Waals surface area contributed by atoms with E-state index in [1.54, 1.807) is 11.8 Å². The molecule has 1 aromatic heterocycles. The molecule has 2 aromatic rings. The second-order valence-electron chi connectivity index (χ2n) is 6.74. The molecule has 0 spiro atoms. The van der Waals surface area contributed by atoms with E-state index in [2.05, 4.69) is 48.7 Å². The molecule has 2 heterocycles. The Hall–Kier alpha value is -1.77. The number of nitriles is 1. The van der Waals surface area contributed by atoms with Crippen LogP contribution in [0.25, 0.3) is 0 Å². The zero-order valence-corrected chi connectivity index (χ0v) is 16.0. The number of benzene rings is 1. The summed E-state index contributed by atoms with van der Waals surface area (Å²) >= 11 is 1.57. The zero-order chi connectivity index (χ0) is 17.8. The van der Waals surface area contributed by atoms with E-state index in [0.29, 0.717) is 0 Å². The molecule has 0 radical (unpaired) electrons. The summed E-state index contributed by atoms with van der Waals surface area (Å²) in [5.74, 6) is 0. The Kier molecular flexibility index (Phi) is 5.82. The van der Waals surface area contributed by atoms with Crippen LogP contribution in [0, 0.1) is 32.1 Å². The van der Waals surface area contributed by atoms with Crippen molar-refractivity contribution < 1.29 is 4.74 Å². The first-order valence-electron chi connectivity index (χ1n) is 8.84. The minimum Gasteiger partial charge on any atom is -0.376 e. The van der Waals surface area contributed by atoms with Crippen molar-refractivity contribution in [3.8, 4) is 6.07 Å². The fraction of sp³-hybridized carbons (Fsp3) is 0.500. The highest BCUT2D eigenvalue weighted by Crippen LogP contribution is 2.28. The lowest BCUT2D eigenvalue weighted by molar-refractivity contribution is 0.0944. The predicted octanol–water partition coefficient (Wildman–Crippen LogP) is 4.21. The van der Waals surface area contributed by atoms with E-state index in [9.17, 15) is 5.26 Å². The summed E-state index contributed by atoms with van der Waals surface area (Å²) in [6.45, 7) is 7.90. The summed E-state index contributed by atoms with van der Waals surface area (Å²) < 4.78 is 8.02. The van der Waals surface area contributed by atoms with Gasteiger partial charge in [0.15, 0.2) is 5.16 Å². The highest BCUT2D eigenvalue weighted by atomic mass is 32.2. The van der Waals surface area contributed by atoms with Crippen LogP contribution in [-0.4, -0.2) is 27.5 Å². The summed E-state index contributed by atoms with van der Waals surface area (Å²) in [7, 11) is 0. The van der Waals surface area contributed by atoms with E-state index in [0.717, 1.165) is 43.3 Å². The Morgan fingerprint density at radius 3 is 2.72 bits per heavy atom. The zero-order valence-electron chi connectivity index (χ0n) is 15.2. The third-order valence-corrected chi connectivity index (χ3v) is 5.85. The van der Waals surface area contributed by atoms with Gasteiger partial charge in [-0.15, -0.1) is 0 Å². The second-order valence-corrected chi connectivity index (χ2v) is 7.91. The Labute approximate surface area is 154 Å². The Morgan fingerprint density at radius 2 is 2.08 bits per heavy atom. The second kappa shape index (κ2) is 8.07. The van der Waals surface area contributed by atoms with Gasteiger partial charge in [0.2, 0.25) is 0 Å². The van der Waals surface area contributed by atoms with Crippen molar-refractivity contribution in [2.45, 2.75) is 63.1 Å². The third kappa shape index (κ3) is 4.45. The van der Waals surface area contributed by atoms with Gasteiger partial charge in [-0.05, 0) is 45.6 Å². The average Bonchev–Trinajstić information content (AvgIpc) is 3.20. The molecule has 1 saturated heterocycles. The first-order valence-corrected chi connectivity index (χ1v) is 9.72. The molecular formula is C20H25N3OS. The first kappa shape index (κ1) is 18.0. The molecule has 3 rings (SSSR count). The Bertz CT molecular complexity index is 754. The largest absolute Gasteiger partial charge is 0.376 e. The normalized spacial score (nSPS) is 18.2. The number of thioether (sulfide) groups is 1. The number of aryl methyl sites for hydroxylation is 2. The molecule has 1 aliphatic rings. The highest BCUT2D eigenvalue weighted by Gasteiger charge is 2.22. The van der Waals surface area contributed by atoms with E-state index in [4.69, 9.17) is 9.72 Å². The van der Waals surface area contributed by atoms with Crippen molar-refractivity contribution in [2.75, 3.05) is 6.61 Å².